The fourth-order valence-corrected chi connectivity index (χ4v) is 3.34. The Labute approximate surface area is 158 Å². The standard InChI is InChI=1S/C19H19F2N3O2S/c1-26-17-9-13(20)6-7-15(17)18-16(21)10-22-19(24-18)23-14-5-3-4-12(8-14)11-27(2)25/h3-10,25,27H,11H2,1-2H3,(H,22,23,24). The van der Waals surface area contributed by atoms with Crippen molar-refractivity contribution in [1.29, 1.82) is 0 Å². The van der Waals surface area contributed by atoms with Gasteiger partial charge in [-0.05, 0) is 36.1 Å². The number of anilines is 2. The van der Waals surface area contributed by atoms with Crippen LogP contribution in [0.4, 0.5) is 20.4 Å². The average Bonchev–Trinajstić information content (AvgIpc) is 2.63. The van der Waals surface area contributed by atoms with Crippen LogP contribution >= 0.6 is 11.2 Å². The highest BCUT2D eigenvalue weighted by Crippen LogP contribution is 2.32. The van der Waals surface area contributed by atoms with Gasteiger partial charge in [-0.25, -0.2) is 18.7 Å². The molecule has 0 aliphatic rings. The number of hydrogen-bond acceptors (Lipinski definition) is 5. The Morgan fingerprint density at radius 2 is 2.00 bits per heavy atom. The van der Waals surface area contributed by atoms with Crippen LogP contribution in [0.5, 0.6) is 5.75 Å². The van der Waals surface area contributed by atoms with E-state index in [4.69, 9.17) is 4.74 Å². The molecule has 0 fully saturated rings. The third-order valence-corrected chi connectivity index (χ3v) is 4.58. The maximum absolute atomic E-state index is 14.3. The molecule has 0 radical (unpaired) electrons. The number of benzene rings is 2. The van der Waals surface area contributed by atoms with Gasteiger partial charge >= 0.3 is 0 Å². The second-order valence-electron chi connectivity index (χ2n) is 5.88. The molecular formula is C19H19F2N3O2S. The molecule has 27 heavy (non-hydrogen) atoms. The molecule has 3 aromatic rings. The number of nitrogens with zero attached hydrogens (tertiary/aromatic N) is 2. The fourth-order valence-electron chi connectivity index (χ4n) is 2.62. The SMILES string of the molecule is COc1cc(F)ccc1-c1nc(Nc2cccc(C[SH](C)O)c2)ncc1F. The lowest BCUT2D eigenvalue weighted by Crippen LogP contribution is -2.02. The summed E-state index contributed by atoms with van der Waals surface area (Å²) in [6, 6.07) is 11.3. The molecule has 1 unspecified atom stereocenters. The Kier molecular flexibility index (Phi) is 5.88. The van der Waals surface area contributed by atoms with Crippen LogP contribution in [0.15, 0.2) is 48.7 Å². The molecule has 0 aliphatic carbocycles. The number of hydrogen-bond donors (Lipinski definition) is 3. The molecule has 0 saturated heterocycles. The summed E-state index contributed by atoms with van der Waals surface area (Å²) in [6.45, 7) is 0. The monoisotopic (exact) mass is 391 g/mol. The molecule has 1 atom stereocenters. The highest BCUT2D eigenvalue weighted by Gasteiger charge is 2.15. The van der Waals surface area contributed by atoms with E-state index in [1.807, 2.05) is 24.3 Å². The van der Waals surface area contributed by atoms with Gasteiger partial charge in [0.2, 0.25) is 5.95 Å². The molecule has 3 rings (SSSR count). The number of nitrogens with one attached hydrogen (secondary N) is 1. The van der Waals surface area contributed by atoms with E-state index in [0.29, 0.717) is 17.0 Å². The lowest BCUT2D eigenvalue weighted by atomic mass is 10.1. The van der Waals surface area contributed by atoms with Gasteiger partial charge in [-0.3, -0.25) is 0 Å². The summed E-state index contributed by atoms with van der Waals surface area (Å²) in [4.78, 5) is 8.19. The van der Waals surface area contributed by atoms with E-state index in [2.05, 4.69) is 15.3 Å². The van der Waals surface area contributed by atoms with Crippen LogP contribution < -0.4 is 10.1 Å². The smallest absolute Gasteiger partial charge is 0.227 e. The van der Waals surface area contributed by atoms with Gasteiger partial charge in [-0.2, -0.15) is 0 Å². The highest BCUT2D eigenvalue weighted by atomic mass is 32.2. The first-order valence-corrected chi connectivity index (χ1v) is 10.0. The molecule has 8 heteroatoms. The molecular weight excluding hydrogens is 372 g/mol. The first-order chi connectivity index (χ1) is 13.0. The van der Waals surface area contributed by atoms with Crippen molar-refractivity contribution >= 4 is 22.8 Å². The predicted octanol–water partition coefficient (Wildman–Crippen LogP) is 4.78. The Hall–Kier alpha value is -2.71. The largest absolute Gasteiger partial charge is 0.496 e. The first-order valence-electron chi connectivity index (χ1n) is 8.08. The van der Waals surface area contributed by atoms with E-state index in [-0.39, 0.29) is 17.4 Å². The van der Waals surface area contributed by atoms with Gasteiger partial charge < -0.3 is 14.6 Å². The van der Waals surface area contributed by atoms with Gasteiger partial charge in [0.05, 0.1) is 13.3 Å². The Bertz CT molecular complexity index is 954. The van der Waals surface area contributed by atoms with Crippen molar-refractivity contribution in [1.82, 2.24) is 9.97 Å². The first kappa shape index (κ1) is 19.1. The van der Waals surface area contributed by atoms with Gasteiger partial charge in [0.15, 0.2) is 5.82 Å². The van der Waals surface area contributed by atoms with Crippen LogP contribution in [0, 0.1) is 11.6 Å². The quantitative estimate of drug-likeness (QED) is 0.528. The van der Waals surface area contributed by atoms with Crippen molar-refractivity contribution in [3.63, 3.8) is 0 Å². The third kappa shape index (κ3) is 4.72. The van der Waals surface area contributed by atoms with E-state index >= 15 is 0 Å². The van der Waals surface area contributed by atoms with Crippen molar-refractivity contribution in [2.45, 2.75) is 5.75 Å². The molecule has 0 spiro atoms. The van der Waals surface area contributed by atoms with E-state index in [1.165, 1.54) is 25.3 Å². The van der Waals surface area contributed by atoms with Crippen LogP contribution in [-0.2, 0) is 5.75 Å². The van der Waals surface area contributed by atoms with E-state index in [1.54, 1.807) is 6.26 Å². The zero-order valence-electron chi connectivity index (χ0n) is 14.8. The number of thiol groups is 1. The topological polar surface area (TPSA) is 67.3 Å². The zero-order chi connectivity index (χ0) is 19.4. The van der Waals surface area contributed by atoms with Gasteiger partial charge in [0.1, 0.15) is 17.3 Å². The molecule has 142 valence electrons. The van der Waals surface area contributed by atoms with Gasteiger partial charge in [0, 0.05) is 23.1 Å². The molecule has 0 amide bonds. The van der Waals surface area contributed by atoms with Crippen molar-refractivity contribution in [2.75, 3.05) is 18.7 Å². The van der Waals surface area contributed by atoms with E-state index in [9.17, 15) is 13.3 Å². The summed E-state index contributed by atoms with van der Waals surface area (Å²) in [7, 11) is 1.38. The van der Waals surface area contributed by atoms with Crippen molar-refractivity contribution < 1.29 is 18.1 Å². The molecule has 1 aromatic heterocycles. The summed E-state index contributed by atoms with van der Waals surface area (Å²) >= 11 is -1.05. The number of rotatable bonds is 6. The molecule has 2 N–H and O–H groups in total. The van der Waals surface area contributed by atoms with Crippen molar-refractivity contribution in [2.24, 2.45) is 0 Å². The number of aromatic nitrogens is 2. The van der Waals surface area contributed by atoms with Crippen LogP contribution in [-0.4, -0.2) is 27.9 Å². The summed E-state index contributed by atoms with van der Waals surface area (Å²) in [5.74, 6) is -0.179. The second kappa shape index (κ2) is 8.32. The van der Waals surface area contributed by atoms with E-state index < -0.39 is 22.8 Å². The molecule has 0 bridgehead atoms. The maximum atomic E-state index is 14.3. The van der Waals surface area contributed by atoms with E-state index in [0.717, 1.165) is 11.8 Å². The predicted molar refractivity (Wildman–Crippen MR) is 105 cm³/mol. The summed E-state index contributed by atoms with van der Waals surface area (Å²) in [6.07, 6.45) is 2.83. The molecule has 0 aliphatic heterocycles. The lowest BCUT2D eigenvalue weighted by Gasteiger charge is -2.12. The second-order valence-corrected chi connectivity index (χ2v) is 7.51. The maximum Gasteiger partial charge on any atom is 0.227 e. The van der Waals surface area contributed by atoms with Crippen LogP contribution in [0.25, 0.3) is 11.3 Å². The van der Waals surface area contributed by atoms with Crippen LogP contribution in [0.2, 0.25) is 0 Å². The lowest BCUT2D eigenvalue weighted by molar-refractivity contribution is 0.412. The molecule has 5 nitrogen and oxygen atoms in total. The van der Waals surface area contributed by atoms with Crippen molar-refractivity contribution in [3.05, 3.63) is 65.9 Å². The minimum absolute atomic E-state index is 0.00735. The fraction of sp³-hybridized carbons (Fsp3) is 0.158. The Balaban J connectivity index is 1.93. The third-order valence-electron chi connectivity index (χ3n) is 3.76. The van der Waals surface area contributed by atoms with Gasteiger partial charge in [-0.1, -0.05) is 12.1 Å². The Morgan fingerprint density at radius 3 is 2.74 bits per heavy atom. The molecule has 1 heterocycles. The van der Waals surface area contributed by atoms with Crippen molar-refractivity contribution in [3.8, 4) is 17.0 Å². The summed E-state index contributed by atoms with van der Waals surface area (Å²) < 4.78 is 42.4. The Morgan fingerprint density at radius 1 is 1.19 bits per heavy atom. The molecule has 2 aromatic carbocycles. The normalized spacial score (nSPS) is 12.6. The van der Waals surface area contributed by atoms with Crippen LogP contribution in [0.3, 0.4) is 0 Å². The van der Waals surface area contributed by atoms with Crippen LogP contribution in [0.1, 0.15) is 5.56 Å². The highest BCUT2D eigenvalue weighted by molar-refractivity contribution is 8.10. The number of halogens is 2. The minimum atomic E-state index is -1.05. The average molecular weight is 391 g/mol. The van der Waals surface area contributed by atoms with Gasteiger partial charge in [-0.15, -0.1) is 11.2 Å². The number of methoxy groups -OCH3 is 1. The zero-order valence-corrected chi connectivity index (χ0v) is 15.7. The molecule has 0 saturated carbocycles. The van der Waals surface area contributed by atoms with Gasteiger partial charge in [0.25, 0.3) is 0 Å². The summed E-state index contributed by atoms with van der Waals surface area (Å²) in [5, 5.41) is 3.03. The minimum Gasteiger partial charge on any atom is -0.496 e. The number of ether oxygens (including phenoxy) is 1. The summed E-state index contributed by atoms with van der Waals surface area (Å²) in [5.41, 5.74) is 2.02.